The molecule has 5 heteroatoms. The maximum atomic E-state index is 9.72. The third-order valence-electron chi connectivity index (χ3n) is 2.70. The van der Waals surface area contributed by atoms with E-state index in [1.807, 2.05) is 10.8 Å². The molecule has 18 heavy (non-hydrogen) atoms. The van der Waals surface area contributed by atoms with Gasteiger partial charge in [0, 0.05) is 38.1 Å². The molecule has 5 nitrogen and oxygen atoms in total. The lowest BCUT2D eigenvalue weighted by Gasteiger charge is -2.17. The smallest absolute Gasteiger partial charge is 0.0946 e. The Labute approximate surface area is 109 Å². The largest absolute Gasteiger partial charge is 0.389 e. The van der Waals surface area contributed by atoms with Crippen LogP contribution < -0.4 is 5.32 Å². The summed E-state index contributed by atoms with van der Waals surface area (Å²) in [5, 5.41) is 13.0. The average Bonchev–Trinajstić information content (AvgIpc) is 2.85. The van der Waals surface area contributed by atoms with E-state index in [-0.39, 0.29) is 0 Å². The first kappa shape index (κ1) is 15.1. The van der Waals surface area contributed by atoms with E-state index < -0.39 is 6.10 Å². The van der Waals surface area contributed by atoms with E-state index in [9.17, 15) is 5.11 Å². The van der Waals surface area contributed by atoms with Crippen molar-refractivity contribution in [2.45, 2.75) is 45.4 Å². The van der Waals surface area contributed by atoms with Crippen LogP contribution in [0.15, 0.2) is 18.7 Å². The fourth-order valence-corrected chi connectivity index (χ4v) is 1.64. The van der Waals surface area contributed by atoms with Gasteiger partial charge in [-0.25, -0.2) is 4.98 Å². The molecule has 0 spiro atoms. The van der Waals surface area contributed by atoms with Crippen molar-refractivity contribution in [1.82, 2.24) is 14.9 Å². The van der Waals surface area contributed by atoms with Crippen LogP contribution in [0.1, 0.15) is 26.7 Å². The molecule has 1 heterocycles. The molecule has 0 aliphatic rings. The average molecular weight is 255 g/mol. The number of nitrogens with one attached hydrogen (secondary N) is 1. The molecule has 1 aromatic heterocycles. The summed E-state index contributed by atoms with van der Waals surface area (Å²) in [5.41, 5.74) is 0. The number of aliphatic hydroxyl groups is 1. The van der Waals surface area contributed by atoms with E-state index >= 15 is 0 Å². The highest BCUT2D eigenvalue weighted by Crippen LogP contribution is 1.94. The van der Waals surface area contributed by atoms with Crippen LogP contribution in [0, 0.1) is 0 Å². The van der Waals surface area contributed by atoms with E-state index in [1.54, 1.807) is 12.5 Å². The molecule has 2 atom stereocenters. The van der Waals surface area contributed by atoms with Gasteiger partial charge in [0.1, 0.15) is 0 Å². The predicted octanol–water partition coefficient (Wildman–Crippen LogP) is 1.04. The molecule has 1 aromatic rings. The Kier molecular flexibility index (Phi) is 7.64. The van der Waals surface area contributed by atoms with Gasteiger partial charge in [0.15, 0.2) is 0 Å². The number of hydrogen-bond donors (Lipinski definition) is 2. The molecule has 0 bridgehead atoms. The molecule has 0 saturated heterocycles. The van der Waals surface area contributed by atoms with Crippen LogP contribution in [0.3, 0.4) is 0 Å². The van der Waals surface area contributed by atoms with Gasteiger partial charge < -0.3 is 19.7 Å². The highest BCUT2D eigenvalue weighted by molar-refractivity contribution is 4.76. The van der Waals surface area contributed by atoms with Gasteiger partial charge in [-0.3, -0.25) is 0 Å². The number of aromatic nitrogens is 2. The van der Waals surface area contributed by atoms with Crippen LogP contribution >= 0.6 is 0 Å². The minimum absolute atomic E-state index is 0.296. The summed E-state index contributed by atoms with van der Waals surface area (Å²) >= 11 is 0. The summed E-state index contributed by atoms with van der Waals surface area (Å²) in [4.78, 5) is 3.99. The lowest BCUT2D eigenvalue weighted by atomic mass is 10.3. The standard InChI is InChI=1S/C13H25N3O2/c1-3-4-7-18-10-13(17)8-15-12(2)9-16-6-5-14-11-16/h5-6,11-13,15,17H,3-4,7-10H2,1-2H3. The molecular formula is C13H25N3O2. The lowest BCUT2D eigenvalue weighted by molar-refractivity contribution is 0.0346. The third-order valence-corrected chi connectivity index (χ3v) is 2.70. The first-order chi connectivity index (χ1) is 8.72. The molecule has 0 saturated carbocycles. The molecule has 0 radical (unpaired) electrons. The first-order valence-electron chi connectivity index (χ1n) is 6.67. The van der Waals surface area contributed by atoms with Gasteiger partial charge in [-0.1, -0.05) is 13.3 Å². The molecule has 2 unspecified atom stereocenters. The Morgan fingerprint density at radius 3 is 3.00 bits per heavy atom. The van der Waals surface area contributed by atoms with Crippen molar-refractivity contribution in [1.29, 1.82) is 0 Å². The number of ether oxygens (including phenoxy) is 1. The van der Waals surface area contributed by atoms with E-state index in [4.69, 9.17) is 4.74 Å². The highest BCUT2D eigenvalue weighted by Gasteiger charge is 2.07. The Morgan fingerprint density at radius 1 is 1.50 bits per heavy atom. The highest BCUT2D eigenvalue weighted by atomic mass is 16.5. The molecular weight excluding hydrogens is 230 g/mol. The van der Waals surface area contributed by atoms with Crippen molar-refractivity contribution in [2.24, 2.45) is 0 Å². The predicted molar refractivity (Wildman–Crippen MR) is 71.4 cm³/mol. The summed E-state index contributed by atoms with van der Waals surface area (Å²) in [6.07, 6.45) is 7.23. The van der Waals surface area contributed by atoms with Crippen molar-refractivity contribution in [3.05, 3.63) is 18.7 Å². The zero-order chi connectivity index (χ0) is 13.2. The molecule has 0 aliphatic carbocycles. The molecule has 2 N–H and O–H groups in total. The van der Waals surface area contributed by atoms with Crippen LogP contribution in [0.4, 0.5) is 0 Å². The zero-order valence-electron chi connectivity index (χ0n) is 11.4. The van der Waals surface area contributed by atoms with Gasteiger partial charge in [-0.15, -0.1) is 0 Å². The van der Waals surface area contributed by atoms with Crippen molar-refractivity contribution < 1.29 is 9.84 Å². The van der Waals surface area contributed by atoms with E-state index in [0.717, 1.165) is 26.0 Å². The number of hydrogen-bond acceptors (Lipinski definition) is 4. The Morgan fingerprint density at radius 2 is 2.33 bits per heavy atom. The second kappa shape index (κ2) is 9.08. The van der Waals surface area contributed by atoms with E-state index in [1.165, 1.54) is 0 Å². The summed E-state index contributed by atoms with van der Waals surface area (Å²) in [6, 6.07) is 0.296. The second-order valence-corrected chi connectivity index (χ2v) is 4.65. The van der Waals surface area contributed by atoms with Gasteiger partial charge >= 0.3 is 0 Å². The first-order valence-corrected chi connectivity index (χ1v) is 6.67. The Balaban J connectivity index is 2.04. The Bertz CT molecular complexity index is 290. The number of nitrogens with zero attached hydrogens (tertiary/aromatic N) is 2. The monoisotopic (exact) mass is 255 g/mol. The number of imidazole rings is 1. The molecule has 1 rings (SSSR count). The van der Waals surface area contributed by atoms with Crippen molar-refractivity contribution >= 4 is 0 Å². The van der Waals surface area contributed by atoms with E-state index in [2.05, 4.69) is 24.1 Å². The minimum atomic E-state index is -0.438. The summed E-state index contributed by atoms with van der Waals surface area (Å²) in [6.45, 7) is 6.76. The van der Waals surface area contributed by atoms with Gasteiger partial charge in [-0.2, -0.15) is 0 Å². The molecule has 0 aromatic carbocycles. The van der Waals surface area contributed by atoms with Crippen molar-refractivity contribution in [2.75, 3.05) is 19.8 Å². The van der Waals surface area contributed by atoms with Gasteiger partial charge in [0.2, 0.25) is 0 Å². The number of unbranched alkanes of at least 4 members (excludes halogenated alkanes) is 1. The molecule has 0 aliphatic heterocycles. The summed E-state index contributed by atoms with van der Waals surface area (Å²) in [7, 11) is 0. The van der Waals surface area contributed by atoms with Crippen LogP contribution in [-0.2, 0) is 11.3 Å². The topological polar surface area (TPSA) is 59.3 Å². The van der Waals surface area contributed by atoms with Crippen LogP contribution in [0.25, 0.3) is 0 Å². The van der Waals surface area contributed by atoms with Crippen LogP contribution in [0.2, 0.25) is 0 Å². The fraction of sp³-hybridized carbons (Fsp3) is 0.769. The SMILES string of the molecule is CCCCOCC(O)CNC(C)Cn1ccnc1. The fourth-order valence-electron chi connectivity index (χ4n) is 1.64. The summed E-state index contributed by atoms with van der Waals surface area (Å²) in [5.74, 6) is 0. The normalized spacial score (nSPS) is 14.6. The molecule has 0 fully saturated rings. The quantitative estimate of drug-likeness (QED) is 0.613. The van der Waals surface area contributed by atoms with Gasteiger partial charge in [0.05, 0.1) is 19.0 Å². The van der Waals surface area contributed by atoms with Crippen molar-refractivity contribution in [3.63, 3.8) is 0 Å². The Hall–Kier alpha value is -0.910. The second-order valence-electron chi connectivity index (χ2n) is 4.65. The lowest BCUT2D eigenvalue weighted by Crippen LogP contribution is -2.38. The number of aliphatic hydroxyl groups excluding tert-OH is 1. The van der Waals surface area contributed by atoms with Crippen LogP contribution in [0.5, 0.6) is 0 Å². The van der Waals surface area contributed by atoms with E-state index in [0.29, 0.717) is 19.2 Å². The zero-order valence-corrected chi connectivity index (χ0v) is 11.4. The van der Waals surface area contributed by atoms with Gasteiger partial charge in [0.25, 0.3) is 0 Å². The minimum Gasteiger partial charge on any atom is -0.389 e. The maximum Gasteiger partial charge on any atom is 0.0946 e. The molecule has 0 amide bonds. The van der Waals surface area contributed by atoms with Crippen molar-refractivity contribution in [3.8, 4) is 0 Å². The van der Waals surface area contributed by atoms with Gasteiger partial charge in [-0.05, 0) is 13.3 Å². The maximum absolute atomic E-state index is 9.72. The third kappa shape index (κ3) is 6.74. The summed E-state index contributed by atoms with van der Waals surface area (Å²) < 4.78 is 7.38. The van der Waals surface area contributed by atoms with Crippen LogP contribution in [-0.4, -0.2) is 46.6 Å². The number of rotatable bonds is 10. The molecule has 104 valence electrons.